The van der Waals surface area contributed by atoms with Crippen LogP contribution in [0.4, 0.5) is 29.7 Å². The smallest absolute Gasteiger partial charge is 0.433 e. The average Bonchev–Trinajstić information content (AvgIpc) is 2.82. The predicted molar refractivity (Wildman–Crippen MR) is 131 cm³/mol. The summed E-state index contributed by atoms with van der Waals surface area (Å²) in [6, 6.07) is 1.13. The van der Waals surface area contributed by atoms with Crippen LogP contribution < -0.4 is 9.80 Å². The van der Waals surface area contributed by atoms with Crippen molar-refractivity contribution in [2.24, 2.45) is 0 Å². The first-order valence-electron chi connectivity index (χ1n) is 12.8. The minimum atomic E-state index is -4.55. The highest BCUT2D eigenvalue weighted by atomic mass is 19.4. The van der Waals surface area contributed by atoms with Gasteiger partial charge in [-0.2, -0.15) is 18.2 Å². The van der Waals surface area contributed by atoms with Gasteiger partial charge in [-0.25, -0.2) is 9.78 Å². The van der Waals surface area contributed by atoms with Gasteiger partial charge in [0.15, 0.2) is 5.69 Å². The van der Waals surface area contributed by atoms with E-state index in [0.29, 0.717) is 58.9 Å². The highest BCUT2D eigenvalue weighted by Crippen LogP contribution is 2.33. The zero-order valence-corrected chi connectivity index (χ0v) is 21.9. The predicted octanol–water partition coefficient (Wildman–Crippen LogP) is 2.30. The monoisotopic (exact) mass is 527 g/mol. The SMILES string of the molecule is C[C@H]1CCN1c1nc(N2CCN(CC(=O)N3CCN(C(=O)OC(C)(C)C)CC3)CC2)cc(C(F)(F)F)n1. The van der Waals surface area contributed by atoms with Gasteiger partial charge in [-0.3, -0.25) is 9.69 Å². The van der Waals surface area contributed by atoms with E-state index in [1.165, 1.54) is 0 Å². The summed E-state index contributed by atoms with van der Waals surface area (Å²) in [5.74, 6) is 0.361. The molecule has 0 aliphatic carbocycles. The quantitative estimate of drug-likeness (QED) is 0.590. The Morgan fingerprint density at radius 3 is 2.08 bits per heavy atom. The molecule has 2 amide bonds. The Labute approximate surface area is 215 Å². The molecule has 3 saturated heterocycles. The number of halogens is 3. The van der Waals surface area contributed by atoms with Crippen molar-refractivity contribution in [3.63, 3.8) is 0 Å². The van der Waals surface area contributed by atoms with Gasteiger partial charge in [-0.15, -0.1) is 0 Å². The largest absolute Gasteiger partial charge is 0.444 e. The van der Waals surface area contributed by atoms with Crippen LogP contribution in [0.5, 0.6) is 0 Å². The average molecular weight is 528 g/mol. The number of ether oxygens (including phenoxy) is 1. The standard InChI is InChI=1S/C24H36F3N7O3/c1-17-5-6-34(17)21-28-18(24(25,26)27)15-19(29-21)31-9-7-30(8-10-31)16-20(35)32-11-13-33(14-12-32)22(36)37-23(2,3)4/h15,17H,5-14,16H2,1-4H3/t17-/m0/s1. The third kappa shape index (κ3) is 6.74. The van der Waals surface area contributed by atoms with Crippen LogP contribution >= 0.6 is 0 Å². The van der Waals surface area contributed by atoms with Gasteiger partial charge in [0, 0.05) is 71.0 Å². The minimum absolute atomic E-state index is 0.0206. The van der Waals surface area contributed by atoms with Crippen molar-refractivity contribution in [3.8, 4) is 0 Å². The minimum Gasteiger partial charge on any atom is -0.444 e. The van der Waals surface area contributed by atoms with E-state index >= 15 is 0 Å². The molecule has 13 heteroatoms. The van der Waals surface area contributed by atoms with Crippen LogP contribution in [0.2, 0.25) is 0 Å². The molecule has 37 heavy (non-hydrogen) atoms. The highest BCUT2D eigenvalue weighted by Gasteiger charge is 2.37. The van der Waals surface area contributed by atoms with Gasteiger partial charge in [0.05, 0.1) is 6.54 Å². The van der Waals surface area contributed by atoms with Crippen LogP contribution in [-0.2, 0) is 15.7 Å². The van der Waals surface area contributed by atoms with E-state index in [0.717, 1.165) is 12.5 Å². The summed E-state index contributed by atoms with van der Waals surface area (Å²) in [5, 5.41) is 0. The van der Waals surface area contributed by atoms with Gasteiger partial charge in [-0.1, -0.05) is 0 Å². The summed E-state index contributed by atoms with van der Waals surface area (Å²) >= 11 is 0. The van der Waals surface area contributed by atoms with Crippen LogP contribution in [0.15, 0.2) is 6.07 Å². The second kappa shape index (κ2) is 10.5. The van der Waals surface area contributed by atoms with Crippen LogP contribution in [0.1, 0.15) is 39.8 Å². The lowest BCUT2D eigenvalue weighted by Crippen LogP contribution is -2.55. The number of amides is 2. The molecule has 0 radical (unpaired) electrons. The van der Waals surface area contributed by atoms with Crippen LogP contribution in [0.3, 0.4) is 0 Å². The van der Waals surface area contributed by atoms with Gasteiger partial charge in [0.2, 0.25) is 11.9 Å². The normalized spacial score (nSPS) is 21.6. The van der Waals surface area contributed by atoms with E-state index in [2.05, 4.69) is 9.97 Å². The van der Waals surface area contributed by atoms with Gasteiger partial charge in [0.25, 0.3) is 0 Å². The summed E-state index contributed by atoms with van der Waals surface area (Å²) in [4.78, 5) is 42.3. The number of carbonyl (C=O) groups is 2. The lowest BCUT2D eigenvalue weighted by Gasteiger charge is -2.40. The first-order chi connectivity index (χ1) is 17.3. The van der Waals surface area contributed by atoms with E-state index < -0.39 is 17.5 Å². The topological polar surface area (TPSA) is 85.4 Å². The number of aromatic nitrogens is 2. The summed E-state index contributed by atoms with van der Waals surface area (Å²) in [6.45, 7) is 12.0. The van der Waals surface area contributed by atoms with E-state index in [-0.39, 0.29) is 36.4 Å². The molecule has 4 heterocycles. The first kappa shape index (κ1) is 27.2. The maximum absolute atomic E-state index is 13.5. The molecule has 1 atom stereocenters. The third-order valence-corrected chi connectivity index (χ3v) is 6.91. The molecule has 3 aliphatic heterocycles. The number of anilines is 2. The Morgan fingerprint density at radius 1 is 0.946 bits per heavy atom. The fourth-order valence-corrected chi connectivity index (χ4v) is 4.56. The van der Waals surface area contributed by atoms with Gasteiger partial charge in [-0.05, 0) is 34.1 Å². The van der Waals surface area contributed by atoms with Crippen molar-refractivity contribution >= 4 is 23.8 Å². The molecular formula is C24H36F3N7O3. The molecule has 0 spiro atoms. The molecule has 3 fully saturated rings. The molecule has 0 unspecified atom stereocenters. The zero-order chi connectivity index (χ0) is 27.0. The molecule has 206 valence electrons. The second-order valence-electron chi connectivity index (χ2n) is 10.9. The molecule has 4 rings (SSSR count). The Morgan fingerprint density at radius 2 is 1.57 bits per heavy atom. The van der Waals surface area contributed by atoms with Crippen molar-refractivity contribution in [1.82, 2.24) is 24.7 Å². The van der Waals surface area contributed by atoms with Crippen molar-refractivity contribution in [2.75, 3.05) is 75.2 Å². The number of alkyl halides is 3. The lowest BCUT2D eigenvalue weighted by molar-refractivity contribution is -0.141. The lowest BCUT2D eigenvalue weighted by atomic mass is 10.1. The highest BCUT2D eigenvalue weighted by molar-refractivity contribution is 5.79. The molecule has 1 aromatic rings. The Balaban J connectivity index is 1.29. The maximum atomic E-state index is 13.5. The molecule has 0 aromatic carbocycles. The molecule has 1 aromatic heterocycles. The van der Waals surface area contributed by atoms with Crippen LogP contribution in [0, 0.1) is 0 Å². The number of piperazine rings is 2. The van der Waals surface area contributed by atoms with Crippen LogP contribution in [-0.4, -0.2) is 114 Å². The fraction of sp³-hybridized carbons (Fsp3) is 0.750. The van der Waals surface area contributed by atoms with E-state index in [1.54, 1.807) is 14.7 Å². The summed E-state index contributed by atoms with van der Waals surface area (Å²) < 4.78 is 45.9. The number of hydrogen-bond donors (Lipinski definition) is 0. The molecular weight excluding hydrogens is 491 g/mol. The number of rotatable bonds is 4. The van der Waals surface area contributed by atoms with Crippen molar-refractivity contribution in [2.45, 2.75) is 51.9 Å². The van der Waals surface area contributed by atoms with E-state index in [4.69, 9.17) is 4.74 Å². The summed E-state index contributed by atoms with van der Waals surface area (Å²) in [5.41, 5.74) is -1.50. The molecule has 0 bridgehead atoms. The number of nitrogens with zero attached hydrogens (tertiary/aromatic N) is 7. The molecule has 0 saturated carbocycles. The molecule has 3 aliphatic rings. The van der Waals surface area contributed by atoms with Gasteiger partial charge < -0.3 is 24.3 Å². The van der Waals surface area contributed by atoms with Crippen LogP contribution in [0.25, 0.3) is 0 Å². The van der Waals surface area contributed by atoms with E-state index in [1.807, 2.05) is 37.5 Å². The Kier molecular flexibility index (Phi) is 7.72. The fourth-order valence-electron chi connectivity index (χ4n) is 4.56. The Bertz CT molecular complexity index is 985. The number of hydrogen-bond acceptors (Lipinski definition) is 8. The Hall–Kier alpha value is -2.83. The summed E-state index contributed by atoms with van der Waals surface area (Å²) in [7, 11) is 0. The summed E-state index contributed by atoms with van der Waals surface area (Å²) in [6.07, 6.45) is -4.03. The molecule has 10 nitrogen and oxygen atoms in total. The maximum Gasteiger partial charge on any atom is 0.433 e. The van der Waals surface area contributed by atoms with Crippen molar-refractivity contribution < 1.29 is 27.5 Å². The molecule has 0 N–H and O–H groups in total. The number of carbonyl (C=O) groups excluding carboxylic acids is 2. The van der Waals surface area contributed by atoms with Crippen molar-refractivity contribution in [1.29, 1.82) is 0 Å². The van der Waals surface area contributed by atoms with Crippen molar-refractivity contribution in [3.05, 3.63) is 11.8 Å². The van der Waals surface area contributed by atoms with E-state index in [9.17, 15) is 22.8 Å². The second-order valence-corrected chi connectivity index (χ2v) is 10.9. The first-order valence-corrected chi connectivity index (χ1v) is 12.8. The zero-order valence-electron chi connectivity index (χ0n) is 21.9. The van der Waals surface area contributed by atoms with Gasteiger partial charge >= 0.3 is 12.3 Å². The third-order valence-electron chi connectivity index (χ3n) is 6.91. The van der Waals surface area contributed by atoms with Gasteiger partial charge in [0.1, 0.15) is 11.4 Å².